The van der Waals surface area contributed by atoms with E-state index in [-0.39, 0.29) is 5.56 Å². The summed E-state index contributed by atoms with van der Waals surface area (Å²) < 4.78 is 10.6. The molecule has 1 aliphatic heterocycles. The zero-order valence-electron chi connectivity index (χ0n) is 11.3. The topological polar surface area (TPSA) is 64.2 Å². The summed E-state index contributed by atoms with van der Waals surface area (Å²) >= 11 is 0. The molecule has 0 atom stereocenters. The number of fused-ring (bicyclic) bond motifs is 1. The lowest BCUT2D eigenvalue weighted by Crippen LogP contribution is -2.25. The molecule has 0 bridgehead atoms. The van der Waals surface area contributed by atoms with Crippen LogP contribution in [-0.2, 0) is 24.2 Å². The molecule has 3 rings (SSSR count). The highest BCUT2D eigenvalue weighted by Gasteiger charge is 2.16. The molecule has 1 aliphatic rings. The molecule has 2 heterocycles. The Kier molecular flexibility index (Phi) is 3.52. The van der Waals surface area contributed by atoms with E-state index in [4.69, 9.17) is 9.47 Å². The van der Waals surface area contributed by atoms with Gasteiger partial charge in [0.2, 0.25) is 0 Å². The Morgan fingerprint density at radius 2 is 2.25 bits per heavy atom. The Hall–Kier alpha value is -2.14. The largest absolute Gasteiger partial charge is 0.496 e. The summed E-state index contributed by atoms with van der Waals surface area (Å²) in [4.78, 5) is 19.4. The summed E-state index contributed by atoms with van der Waals surface area (Å²) in [5.74, 6) is 1.47. The van der Waals surface area contributed by atoms with Gasteiger partial charge in [0.05, 0.1) is 31.6 Å². The van der Waals surface area contributed by atoms with E-state index in [1.807, 2.05) is 24.3 Å². The molecule has 20 heavy (non-hydrogen) atoms. The lowest BCUT2D eigenvalue weighted by atomic mass is 10.1. The first-order valence-electron chi connectivity index (χ1n) is 6.58. The number of hydrogen-bond donors (Lipinski definition) is 1. The van der Waals surface area contributed by atoms with Crippen molar-refractivity contribution in [2.75, 3.05) is 13.7 Å². The second-order valence-electron chi connectivity index (χ2n) is 4.73. The number of benzene rings is 1. The van der Waals surface area contributed by atoms with E-state index in [9.17, 15) is 4.79 Å². The Balaban J connectivity index is 1.95. The molecule has 0 aliphatic carbocycles. The Bertz CT molecular complexity index is 679. The molecule has 1 aromatic heterocycles. The van der Waals surface area contributed by atoms with Crippen LogP contribution in [0.2, 0.25) is 0 Å². The first-order valence-corrected chi connectivity index (χ1v) is 6.58. The maximum Gasteiger partial charge on any atom is 0.256 e. The van der Waals surface area contributed by atoms with Gasteiger partial charge in [-0.05, 0) is 6.07 Å². The molecule has 0 amide bonds. The van der Waals surface area contributed by atoms with Crippen LogP contribution in [0.4, 0.5) is 0 Å². The van der Waals surface area contributed by atoms with Crippen LogP contribution in [0.25, 0.3) is 0 Å². The molecule has 0 unspecified atom stereocenters. The fourth-order valence-corrected chi connectivity index (χ4v) is 2.41. The zero-order chi connectivity index (χ0) is 13.9. The molecule has 0 saturated heterocycles. The third-order valence-electron chi connectivity index (χ3n) is 3.43. The van der Waals surface area contributed by atoms with Gasteiger partial charge in [-0.15, -0.1) is 0 Å². The standard InChI is InChI=1S/C15H16N2O3/c1-19-13-5-3-2-4-10(13)8-14-16-12-6-7-20-9-11(12)15(18)17-14/h2-5H,6-9H2,1H3,(H,16,17,18). The summed E-state index contributed by atoms with van der Waals surface area (Å²) in [7, 11) is 1.64. The van der Waals surface area contributed by atoms with Crippen molar-refractivity contribution in [3.63, 3.8) is 0 Å². The summed E-state index contributed by atoms with van der Waals surface area (Å²) in [5.41, 5.74) is 2.41. The fourth-order valence-electron chi connectivity index (χ4n) is 2.41. The first kappa shape index (κ1) is 12.9. The van der Waals surface area contributed by atoms with Crippen LogP contribution in [0.5, 0.6) is 5.75 Å². The minimum Gasteiger partial charge on any atom is -0.496 e. The van der Waals surface area contributed by atoms with Crippen LogP contribution in [0.3, 0.4) is 0 Å². The number of nitrogens with zero attached hydrogens (tertiary/aromatic N) is 1. The quantitative estimate of drug-likeness (QED) is 0.918. The number of nitrogens with one attached hydrogen (secondary N) is 1. The van der Waals surface area contributed by atoms with Gasteiger partial charge in [-0.3, -0.25) is 4.79 Å². The predicted octanol–water partition coefficient (Wildman–Crippen LogP) is 1.44. The van der Waals surface area contributed by atoms with Crippen molar-refractivity contribution < 1.29 is 9.47 Å². The number of aromatic amines is 1. The van der Waals surface area contributed by atoms with E-state index in [1.165, 1.54) is 0 Å². The van der Waals surface area contributed by atoms with E-state index in [2.05, 4.69) is 9.97 Å². The van der Waals surface area contributed by atoms with Gasteiger partial charge < -0.3 is 14.5 Å². The number of aromatic nitrogens is 2. The first-order chi connectivity index (χ1) is 9.78. The molecule has 0 saturated carbocycles. The van der Waals surface area contributed by atoms with E-state index < -0.39 is 0 Å². The number of hydrogen-bond acceptors (Lipinski definition) is 4. The number of para-hydroxylation sites is 1. The minimum absolute atomic E-state index is 0.0976. The highest BCUT2D eigenvalue weighted by molar-refractivity contribution is 5.35. The van der Waals surface area contributed by atoms with E-state index in [1.54, 1.807) is 7.11 Å². The van der Waals surface area contributed by atoms with Crippen molar-refractivity contribution >= 4 is 0 Å². The summed E-state index contributed by atoms with van der Waals surface area (Å²) in [6.07, 6.45) is 1.24. The normalized spacial score (nSPS) is 13.8. The van der Waals surface area contributed by atoms with Crippen LogP contribution in [-0.4, -0.2) is 23.7 Å². The highest BCUT2D eigenvalue weighted by Crippen LogP contribution is 2.20. The third kappa shape index (κ3) is 2.44. The highest BCUT2D eigenvalue weighted by atomic mass is 16.5. The number of methoxy groups -OCH3 is 1. The van der Waals surface area contributed by atoms with E-state index in [0.717, 1.165) is 17.0 Å². The molecule has 5 nitrogen and oxygen atoms in total. The molecule has 2 aromatic rings. The van der Waals surface area contributed by atoms with Crippen LogP contribution >= 0.6 is 0 Å². The molecule has 104 valence electrons. The molecule has 0 radical (unpaired) electrons. The number of H-pyrrole nitrogens is 1. The molecular formula is C15H16N2O3. The maximum absolute atomic E-state index is 12.0. The molecule has 1 aromatic carbocycles. The molecular weight excluding hydrogens is 256 g/mol. The predicted molar refractivity (Wildman–Crippen MR) is 74.0 cm³/mol. The fraction of sp³-hybridized carbons (Fsp3) is 0.333. The second kappa shape index (κ2) is 5.46. The second-order valence-corrected chi connectivity index (χ2v) is 4.73. The average molecular weight is 272 g/mol. The molecule has 0 spiro atoms. The van der Waals surface area contributed by atoms with Crippen molar-refractivity contribution in [3.8, 4) is 5.75 Å². The van der Waals surface area contributed by atoms with Crippen molar-refractivity contribution in [1.82, 2.24) is 9.97 Å². The van der Waals surface area contributed by atoms with Crippen LogP contribution in [0.15, 0.2) is 29.1 Å². The van der Waals surface area contributed by atoms with Gasteiger partial charge in [0.1, 0.15) is 11.6 Å². The van der Waals surface area contributed by atoms with Gasteiger partial charge in [-0.1, -0.05) is 18.2 Å². The van der Waals surface area contributed by atoms with Crippen LogP contribution < -0.4 is 10.3 Å². The van der Waals surface area contributed by atoms with Gasteiger partial charge in [0.15, 0.2) is 0 Å². The number of ether oxygens (including phenoxy) is 2. The lowest BCUT2D eigenvalue weighted by molar-refractivity contribution is 0.108. The minimum atomic E-state index is -0.0976. The van der Waals surface area contributed by atoms with E-state index in [0.29, 0.717) is 37.4 Å². The van der Waals surface area contributed by atoms with Crippen LogP contribution in [0, 0.1) is 0 Å². The summed E-state index contributed by atoms with van der Waals surface area (Å²) in [6, 6.07) is 7.74. The Labute approximate surface area is 116 Å². The third-order valence-corrected chi connectivity index (χ3v) is 3.43. The summed E-state index contributed by atoms with van der Waals surface area (Å²) in [6.45, 7) is 0.976. The lowest BCUT2D eigenvalue weighted by Gasteiger charge is -2.15. The van der Waals surface area contributed by atoms with Gasteiger partial charge in [-0.25, -0.2) is 4.98 Å². The van der Waals surface area contributed by atoms with Crippen LogP contribution in [0.1, 0.15) is 22.6 Å². The zero-order valence-corrected chi connectivity index (χ0v) is 11.3. The van der Waals surface area contributed by atoms with E-state index >= 15 is 0 Å². The van der Waals surface area contributed by atoms with Crippen molar-refractivity contribution in [1.29, 1.82) is 0 Å². The van der Waals surface area contributed by atoms with Gasteiger partial charge in [0.25, 0.3) is 5.56 Å². The van der Waals surface area contributed by atoms with Crippen molar-refractivity contribution in [3.05, 3.63) is 57.3 Å². The Morgan fingerprint density at radius 3 is 3.10 bits per heavy atom. The smallest absolute Gasteiger partial charge is 0.256 e. The number of rotatable bonds is 3. The monoisotopic (exact) mass is 272 g/mol. The Morgan fingerprint density at radius 1 is 1.40 bits per heavy atom. The van der Waals surface area contributed by atoms with Crippen molar-refractivity contribution in [2.24, 2.45) is 0 Å². The average Bonchev–Trinajstić information content (AvgIpc) is 2.48. The van der Waals surface area contributed by atoms with Gasteiger partial charge >= 0.3 is 0 Å². The van der Waals surface area contributed by atoms with Crippen molar-refractivity contribution in [2.45, 2.75) is 19.4 Å². The van der Waals surface area contributed by atoms with Gasteiger partial charge in [0, 0.05) is 18.4 Å². The van der Waals surface area contributed by atoms with Gasteiger partial charge in [-0.2, -0.15) is 0 Å². The maximum atomic E-state index is 12.0. The molecule has 1 N–H and O–H groups in total. The summed E-state index contributed by atoms with van der Waals surface area (Å²) in [5, 5.41) is 0. The SMILES string of the molecule is COc1ccccc1Cc1nc2c(c(=O)[nH]1)COCC2. The molecule has 0 fully saturated rings. The molecule has 5 heteroatoms.